The molecule has 0 spiro atoms. The molecule has 1 unspecified atom stereocenters. The number of hydrogen-bond acceptors (Lipinski definition) is 5. The molecule has 1 aromatic rings. The number of rotatable bonds is 4. The number of nitrogens with zero attached hydrogens (tertiary/aromatic N) is 2. The summed E-state index contributed by atoms with van der Waals surface area (Å²) >= 11 is 1.36. The molecule has 5 nitrogen and oxygen atoms in total. The summed E-state index contributed by atoms with van der Waals surface area (Å²) in [6, 6.07) is 1.79. The Kier molecular flexibility index (Phi) is 4.21. The number of hydrogen-bond donors (Lipinski definition) is 2. The van der Waals surface area contributed by atoms with Crippen LogP contribution >= 0.6 is 11.3 Å². The number of carbonyl (C=O) groups is 1. The number of carbonyl (C=O) groups excluding carboxylic acids is 1. The van der Waals surface area contributed by atoms with Crippen molar-refractivity contribution in [1.29, 1.82) is 5.26 Å². The lowest BCUT2D eigenvalue weighted by atomic mass is 10.4. The van der Waals surface area contributed by atoms with E-state index in [0.717, 1.165) is 5.01 Å². The molecule has 15 heavy (non-hydrogen) atoms. The minimum absolute atomic E-state index is 0.157. The molecular formula is C9H12N4OS. The molecule has 80 valence electrons. The predicted octanol–water partition coefficient (Wildman–Crippen LogP) is 0.806. The lowest BCUT2D eigenvalue weighted by molar-refractivity contribution is 0.0950. The Hall–Kier alpha value is -1.45. The zero-order valence-electron chi connectivity index (χ0n) is 8.36. The summed E-state index contributed by atoms with van der Waals surface area (Å²) < 4.78 is 0. The van der Waals surface area contributed by atoms with Crippen LogP contribution in [0, 0.1) is 11.3 Å². The van der Waals surface area contributed by atoms with E-state index in [4.69, 9.17) is 11.0 Å². The summed E-state index contributed by atoms with van der Waals surface area (Å²) in [5.41, 5.74) is 5.99. The van der Waals surface area contributed by atoms with Gasteiger partial charge in [-0.15, -0.1) is 11.3 Å². The maximum Gasteiger partial charge on any atom is 0.270 e. The minimum Gasteiger partial charge on any atom is -0.350 e. The Balaban J connectivity index is 2.55. The van der Waals surface area contributed by atoms with Gasteiger partial charge in [0.05, 0.1) is 18.5 Å². The van der Waals surface area contributed by atoms with Crippen molar-refractivity contribution in [2.45, 2.75) is 19.4 Å². The van der Waals surface area contributed by atoms with E-state index in [1.54, 1.807) is 5.38 Å². The number of nitrogens with two attached hydrogens (primary N) is 1. The molecule has 0 aliphatic rings. The third kappa shape index (κ3) is 3.31. The Morgan fingerprint density at radius 3 is 3.13 bits per heavy atom. The fourth-order valence-electron chi connectivity index (χ4n) is 0.924. The van der Waals surface area contributed by atoms with Crippen LogP contribution in [0.4, 0.5) is 0 Å². The van der Waals surface area contributed by atoms with Gasteiger partial charge in [0, 0.05) is 11.9 Å². The van der Waals surface area contributed by atoms with Gasteiger partial charge < -0.3 is 11.1 Å². The van der Waals surface area contributed by atoms with Crippen LogP contribution in [0.5, 0.6) is 0 Å². The number of amides is 1. The summed E-state index contributed by atoms with van der Waals surface area (Å²) in [5.74, 6) is -0.256. The van der Waals surface area contributed by atoms with Crippen LogP contribution in [-0.4, -0.2) is 17.4 Å². The third-order valence-electron chi connectivity index (χ3n) is 1.67. The van der Waals surface area contributed by atoms with E-state index in [1.165, 1.54) is 11.3 Å². The molecule has 0 radical (unpaired) electrons. The van der Waals surface area contributed by atoms with Crippen molar-refractivity contribution < 1.29 is 4.79 Å². The molecule has 1 rings (SSSR count). The standard InChI is InChI=1S/C9H12N4OS/c1-6(11)9-13-7(5-15-9)8(14)12-4-2-3-10/h5-6H,2,4,11H2,1H3,(H,12,14). The molecule has 1 heterocycles. The Labute approximate surface area is 91.9 Å². The SMILES string of the molecule is CC(N)c1nc(C(=O)NCCC#N)cs1. The highest BCUT2D eigenvalue weighted by atomic mass is 32.1. The lowest BCUT2D eigenvalue weighted by Crippen LogP contribution is -2.24. The van der Waals surface area contributed by atoms with Gasteiger partial charge in [0.1, 0.15) is 10.7 Å². The molecule has 1 aromatic heterocycles. The molecule has 0 aromatic carbocycles. The molecular weight excluding hydrogens is 212 g/mol. The monoisotopic (exact) mass is 224 g/mol. The van der Waals surface area contributed by atoms with Crippen molar-refractivity contribution in [2.24, 2.45) is 5.73 Å². The largest absolute Gasteiger partial charge is 0.350 e. The Morgan fingerprint density at radius 1 is 1.87 bits per heavy atom. The van der Waals surface area contributed by atoms with Gasteiger partial charge in [0.15, 0.2) is 0 Å². The molecule has 0 fully saturated rings. The van der Waals surface area contributed by atoms with Gasteiger partial charge in [-0.1, -0.05) is 0 Å². The summed E-state index contributed by atoms with van der Waals surface area (Å²) in [6.45, 7) is 2.16. The van der Waals surface area contributed by atoms with E-state index < -0.39 is 0 Å². The van der Waals surface area contributed by atoms with Gasteiger partial charge in [-0.05, 0) is 6.92 Å². The van der Waals surface area contributed by atoms with Crippen LogP contribution in [0.2, 0.25) is 0 Å². The number of nitriles is 1. The molecule has 0 bridgehead atoms. The highest BCUT2D eigenvalue weighted by Crippen LogP contribution is 2.15. The van der Waals surface area contributed by atoms with Crippen LogP contribution in [0.1, 0.15) is 34.9 Å². The topological polar surface area (TPSA) is 91.8 Å². The molecule has 0 saturated heterocycles. The van der Waals surface area contributed by atoms with Crippen LogP contribution in [-0.2, 0) is 0 Å². The second kappa shape index (κ2) is 5.44. The highest BCUT2D eigenvalue weighted by Gasteiger charge is 2.11. The van der Waals surface area contributed by atoms with E-state index in [-0.39, 0.29) is 11.9 Å². The quantitative estimate of drug-likeness (QED) is 0.740. The van der Waals surface area contributed by atoms with Crippen LogP contribution in [0.15, 0.2) is 5.38 Å². The first-order valence-electron chi connectivity index (χ1n) is 4.51. The second-order valence-corrected chi connectivity index (χ2v) is 3.91. The van der Waals surface area contributed by atoms with Crippen molar-refractivity contribution in [2.75, 3.05) is 6.54 Å². The molecule has 0 aliphatic heterocycles. The highest BCUT2D eigenvalue weighted by molar-refractivity contribution is 7.09. The zero-order valence-corrected chi connectivity index (χ0v) is 9.17. The number of thiazole rings is 1. The molecule has 0 saturated carbocycles. The first-order valence-corrected chi connectivity index (χ1v) is 5.39. The van der Waals surface area contributed by atoms with Gasteiger partial charge in [-0.3, -0.25) is 4.79 Å². The smallest absolute Gasteiger partial charge is 0.270 e. The zero-order chi connectivity index (χ0) is 11.3. The maximum atomic E-state index is 11.4. The van der Waals surface area contributed by atoms with Crippen molar-refractivity contribution in [3.63, 3.8) is 0 Å². The van der Waals surface area contributed by atoms with E-state index in [9.17, 15) is 4.79 Å². The lowest BCUT2D eigenvalue weighted by Gasteiger charge is -1.99. The summed E-state index contributed by atoms with van der Waals surface area (Å²) in [6.07, 6.45) is 0.302. The maximum absolute atomic E-state index is 11.4. The van der Waals surface area contributed by atoms with Crippen molar-refractivity contribution in [3.05, 3.63) is 16.1 Å². The molecule has 6 heteroatoms. The van der Waals surface area contributed by atoms with E-state index >= 15 is 0 Å². The Bertz CT molecular complexity index is 380. The van der Waals surface area contributed by atoms with Crippen LogP contribution < -0.4 is 11.1 Å². The molecule has 1 amide bonds. The van der Waals surface area contributed by atoms with E-state index in [0.29, 0.717) is 18.7 Å². The van der Waals surface area contributed by atoms with Gasteiger partial charge in [0.25, 0.3) is 5.91 Å². The second-order valence-electron chi connectivity index (χ2n) is 3.02. The molecule has 3 N–H and O–H groups in total. The Morgan fingerprint density at radius 2 is 2.60 bits per heavy atom. The van der Waals surface area contributed by atoms with Crippen LogP contribution in [0.3, 0.4) is 0 Å². The average Bonchev–Trinajstić information content (AvgIpc) is 2.66. The fraction of sp³-hybridized carbons (Fsp3) is 0.444. The van der Waals surface area contributed by atoms with Crippen LogP contribution in [0.25, 0.3) is 0 Å². The number of nitrogens with one attached hydrogen (secondary N) is 1. The van der Waals surface area contributed by atoms with Gasteiger partial charge >= 0.3 is 0 Å². The van der Waals surface area contributed by atoms with Gasteiger partial charge in [0.2, 0.25) is 0 Å². The first kappa shape index (κ1) is 11.6. The molecule has 0 aliphatic carbocycles. The predicted molar refractivity (Wildman–Crippen MR) is 57.3 cm³/mol. The van der Waals surface area contributed by atoms with Crippen molar-refractivity contribution in [1.82, 2.24) is 10.3 Å². The first-order chi connectivity index (χ1) is 7.15. The number of aromatic nitrogens is 1. The fourth-order valence-corrected chi connectivity index (χ4v) is 1.68. The minimum atomic E-state index is -0.256. The third-order valence-corrected chi connectivity index (χ3v) is 2.71. The summed E-state index contributed by atoms with van der Waals surface area (Å²) in [4.78, 5) is 15.5. The van der Waals surface area contributed by atoms with E-state index in [2.05, 4.69) is 10.3 Å². The van der Waals surface area contributed by atoms with E-state index in [1.807, 2.05) is 13.0 Å². The average molecular weight is 224 g/mol. The normalized spacial score (nSPS) is 11.8. The van der Waals surface area contributed by atoms with Gasteiger partial charge in [-0.2, -0.15) is 5.26 Å². The molecule has 1 atom stereocenters. The summed E-state index contributed by atoms with van der Waals surface area (Å²) in [5, 5.41) is 13.3. The van der Waals surface area contributed by atoms with Crippen molar-refractivity contribution >= 4 is 17.2 Å². The van der Waals surface area contributed by atoms with Crippen molar-refractivity contribution in [3.8, 4) is 6.07 Å². The summed E-state index contributed by atoms with van der Waals surface area (Å²) in [7, 11) is 0. The van der Waals surface area contributed by atoms with Gasteiger partial charge in [-0.25, -0.2) is 4.98 Å².